The molecular formula is C12H20N4O3. The summed E-state index contributed by atoms with van der Waals surface area (Å²) in [6, 6.07) is -0.316. The first-order valence-corrected chi connectivity index (χ1v) is 6.17. The van der Waals surface area contributed by atoms with Gasteiger partial charge in [0.05, 0.1) is 23.0 Å². The van der Waals surface area contributed by atoms with Crippen molar-refractivity contribution in [3.05, 3.63) is 11.4 Å². The number of carbonyl (C=O) groups excluding carboxylic acids is 1. The van der Waals surface area contributed by atoms with Crippen molar-refractivity contribution in [2.75, 3.05) is 18.4 Å². The van der Waals surface area contributed by atoms with E-state index in [0.29, 0.717) is 17.9 Å². The molecule has 106 valence electrons. The maximum atomic E-state index is 12.1. The van der Waals surface area contributed by atoms with E-state index in [4.69, 9.17) is 5.11 Å². The molecule has 19 heavy (non-hydrogen) atoms. The largest absolute Gasteiger partial charge is 0.481 e. The Bertz CT molecular complexity index is 450. The zero-order chi connectivity index (χ0) is 14.6. The number of aromatic amines is 1. The van der Waals surface area contributed by atoms with Gasteiger partial charge in [0.15, 0.2) is 0 Å². The van der Waals surface area contributed by atoms with E-state index in [1.54, 1.807) is 13.8 Å². The Hall–Kier alpha value is -2.05. The van der Waals surface area contributed by atoms with Crippen LogP contribution in [0.1, 0.15) is 25.2 Å². The Morgan fingerprint density at radius 3 is 2.53 bits per heavy atom. The molecule has 0 bridgehead atoms. The minimum atomic E-state index is -0.915. The lowest BCUT2D eigenvalue weighted by atomic mass is 10.2. The molecule has 0 fully saturated rings. The molecule has 0 saturated carbocycles. The maximum Gasteiger partial charge on any atom is 0.321 e. The molecule has 7 nitrogen and oxygen atoms in total. The van der Waals surface area contributed by atoms with Crippen molar-refractivity contribution in [3.8, 4) is 0 Å². The summed E-state index contributed by atoms with van der Waals surface area (Å²) >= 11 is 0. The average Bonchev–Trinajstić information content (AvgIpc) is 2.66. The number of hydrogen-bond donors (Lipinski definition) is 3. The second kappa shape index (κ2) is 6.21. The highest BCUT2D eigenvalue weighted by Crippen LogP contribution is 2.16. The topological polar surface area (TPSA) is 98.3 Å². The van der Waals surface area contributed by atoms with Gasteiger partial charge in [-0.1, -0.05) is 6.92 Å². The smallest absolute Gasteiger partial charge is 0.321 e. The number of carboxylic acid groups (broad SMARTS) is 1. The van der Waals surface area contributed by atoms with Crippen LogP contribution >= 0.6 is 0 Å². The fourth-order valence-corrected chi connectivity index (χ4v) is 1.69. The molecule has 0 aliphatic rings. The number of amides is 2. The highest BCUT2D eigenvalue weighted by molar-refractivity contribution is 5.90. The van der Waals surface area contributed by atoms with Crippen molar-refractivity contribution >= 4 is 17.7 Å². The standard InChI is InChI=1S/C12H20N4O3/c1-5-16(6-7(2)11(17)18)12(19)13-10-8(3)14-15-9(10)4/h7H,5-6H2,1-4H3,(H,13,19)(H,14,15)(H,17,18). The van der Waals surface area contributed by atoms with Crippen molar-refractivity contribution in [3.63, 3.8) is 0 Å². The zero-order valence-electron chi connectivity index (χ0n) is 11.6. The molecule has 1 aromatic rings. The molecule has 1 atom stereocenters. The number of aliphatic carboxylic acids is 1. The van der Waals surface area contributed by atoms with Gasteiger partial charge in [-0.05, 0) is 20.8 Å². The molecule has 0 saturated heterocycles. The summed E-state index contributed by atoms with van der Waals surface area (Å²) in [5, 5.41) is 18.4. The van der Waals surface area contributed by atoms with E-state index >= 15 is 0 Å². The van der Waals surface area contributed by atoms with E-state index in [0.717, 1.165) is 5.69 Å². The van der Waals surface area contributed by atoms with Gasteiger partial charge in [-0.15, -0.1) is 0 Å². The maximum absolute atomic E-state index is 12.1. The van der Waals surface area contributed by atoms with Gasteiger partial charge in [0.1, 0.15) is 0 Å². The van der Waals surface area contributed by atoms with Gasteiger partial charge in [-0.2, -0.15) is 5.10 Å². The van der Waals surface area contributed by atoms with Crippen molar-refractivity contribution < 1.29 is 14.7 Å². The van der Waals surface area contributed by atoms with Gasteiger partial charge in [-0.3, -0.25) is 9.89 Å². The number of aryl methyl sites for hydroxylation is 2. The Morgan fingerprint density at radius 2 is 2.11 bits per heavy atom. The van der Waals surface area contributed by atoms with Crippen molar-refractivity contribution in [1.82, 2.24) is 15.1 Å². The summed E-state index contributed by atoms with van der Waals surface area (Å²) in [6.07, 6.45) is 0. The molecule has 1 heterocycles. The number of hydrogen-bond acceptors (Lipinski definition) is 3. The van der Waals surface area contributed by atoms with Crippen molar-refractivity contribution in [2.24, 2.45) is 5.92 Å². The highest BCUT2D eigenvalue weighted by Gasteiger charge is 2.20. The number of H-pyrrole nitrogens is 1. The molecular weight excluding hydrogens is 248 g/mol. The third-order valence-electron chi connectivity index (χ3n) is 2.94. The van der Waals surface area contributed by atoms with Gasteiger partial charge in [0.25, 0.3) is 0 Å². The highest BCUT2D eigenvalue weighted by atomic mass is 16.4. The second-order valence-electron chi connectivity index (χ2n) is 4.52. The number of carboxylic acids is 1. The van der Waals surface area contributed by atoms with Gasteiger partial charge < -0.3 is 15.3 Å². The summed E-state index contributed by atoms with van der Waals surface area (Å²) in [7, 11) is 0. The van der Waals surface area contributed by atoms with Crippen LogP contribution in [-0.2, 0) is 4.79 Å². The lowest BCUT2D eigenvalue weighted by molar-refractivity contribution is -0.141. The van der Waals surface area contributed by atoms with Crippen LogP contribution in [0.3, 0.4) is 0 Å². The Kier molecular flexibility index (Phi) is 4.91. The molecule has 0 aromatic carbocycles. The lowest BCUT2D eigenvalue weighted by Gasteiger charge is -2.23. The van der Waals surface area contributed by atoms with E-state index in [2.05, 4.69) is 15.5 Å². The minimum absolute atomic E-state index is 0.174. The number of aromatic nitrogens is 2. The fourth-order valence-electron chi connectivity index (χ4n) is 1.69. The molecule has 0 aliphatic heterocycles. The number of rotatable bonds is 5. The number of nitrogens with zero attached hydrogens (tertiary/aromatic N) is 2. The molecule has 1 unspecified atom stereocenters. The van der Waals surface area contributed by atoms with E-state index in [9.17, 15) is 9.59 Å². The minimum Gasteiger partial charge on any atom is -0.481 e. The summed E-state index contributed by atoms with van der Waals surface area (Å²) in [5.41, 5.74) is 2.12. The van der Waals surface area contributed by atoms with Crippen LogP contribution in [0.25, 0.3) is 0 Å². The molecule has 1 aromatic heterocycles. The first-order chi connectivity index (χ1) is 8.86. The predicted octanol–water partition coefficient (Wildman–Crippen LogP) is 1.60. The molecule has 3 N–H and O–H groups in total. The molecule has 0 aliphatic carbocycles. The molecule has 2 amide bonds. The molecule has 1 rings (SSSR count). The first kappa shape index (κ1) is 15.0. The molecule has 0 radical (unpaired) electrons. The quantitative estimate of drug-likeness (QED) is 0.755. The number of anilines is 1. The van der Waals surface area contributed by atoms with E-state index < -0.39 is 11.9 Å². The Labute approximate surface area is 112 Å². The van der Waals surface area contributed by atoms with Crippen LogP contribution in [-0.4, -0.2) is 45.3 Å². The lowest BCUT2D eigenvalue weighted by Crippen LogP contribution is -2.39. The molecule has 7 heteroatoms. The number of carbonyl (C=O) groups is 2. The first-order valence-electron chi connectivity index (χ1n) is 6.17. The van der Waals surface area contributed by atoms with Crippen LogP contribution in [0.4, 0.5) is 10.5 Å². The van der Waals surface area contributed by atoms with E-state index in [1.165, 1.54) is 4.90 Å². The zero-order valence-corrected chi connectivity index (χ0v) is 11.6. The monoisotopic (exact) mass is 268 g/mol. The Balaban J connectivity index is 2.72. The van der Waals surface area contributed by atoms with Crippen LogP contribution < -0.4 is 5.32 Å². The third-order valence-corrected chi connectivity index (χ3v) is 2.94. The van der Waals surface area contributed by atoms with E-state index in [-0.39, 0.29) is 12.6 Å². The Morgan fingerprint density at radius 1 is 1.47 bits per heavy atom. The van der Waals surface area contributed by atoms with Crippen LogP contribution in [0, 0.1) is 19.8 Å². The normalized spacial score (nSPS) is 12.0. The summed E-state index contributed by atoms with van der Waals surface area (Å²) in [6.45, 7) is 7.60. The van der Waals surface area contributed by atoms with Crippen LogP contribution in [0.15, 0.2) is 0 Å². The van der Waals surface area contributed by atoms with Gasteiger partial charge in [0.2, 0.25) is 0 Å². The van der Waals surface area contributed by atoms with Crippen LogP contribution in [0.5, 0.6) is 0 Å². The van der Waals surface area contributed by atoms with Crippen molar-refractivity contribution in [2.45, 2.75) is 27.7 Å². The predicted molar refractivity (Wildman–Crippen MR) is 71.1 cm³/mol. The summed E-state index contributed by atoms with van der Waals surface area (Å²) in [4.78, 5) is 24.4. The van der Waals surface area contributed by atoms with E-state index in [1.807, 2.05) is 13.8 Å². The number of nitrogens with one attached hydrogen (secondary N) is 2. The van der Waals surface area contributed by atoms with Gasteiger partial charge in [0, 0.05) is 13.1 Å². The summed E-state index contributed by atoms with van der Waals surface area (Å²) < 4.78 is 0. The third kappa shape index (κ3) is 3.70. The van der Waals surface area contributed by atoms with Gasteiger partial charge >= 0.3 is 12.0 Å². The summed E-state index contributed by atoms with van der Waals surface area (Å²) in [5.74, 6) is -1.51. The SMILES string of the molecule is CCN(CC(C)C(=O)O)C(=O)Nc1c(C)n[nH]c1C. The van der Waals surface area contributed by atoms with Gasteiger partial charge in [-0.25, -0.2) is 4.79 Å². The molecule has 0 spiro atoms. The van der Waals surface area contributed by atoms with Crippen molar-refractivity contribution in [1.29, 1.82) is 0 Å². The second-order valence-corrected chi connectivity index (χ2v) is 4.52. The fraction of sp³-hybridized carbons (Fsp3) is 0.583. The van der Waals surface area contributed by atoms with Crippen LogP contribution in [0.2, 0.25) is 0 Å². The number of urea groups is 1. The average molecular weight is 268 g/mol.